The monoisotopic (exact) mass is 438 g/mol. The van der Waals surface area contributed by atoms with Crippen LogP contribution in [0.2, 0.25) is 0 Å². The molecule has 5 heteroatoms. The number of methoxy groups -OCH3 is 1. The lowest BCUT2D eigenvalue weighted by Gasteiger charge is -2.31. The number of amides is 1. The molecule has 174 valence electrons. The lowest BCUT2D eigenvalue weighted by atomic mass is 9.86. The van der Waals surface area contributed by atoms with Crippen molar-refractivity contribution in [3.8, 4) is 5.75 Å². The molecule has 0 bridgehead atoms. The number of rotatable bonds is 7. The first kappa shape index (κ1) is 24.1. The van der Waals surface area contributed by atoms with Crippen molar-refractivity contribution in [1.82, 2.24) is 10.2 Å². The van der Waals surface area contributed by atoms with Gasteiger partial charge in [0, 0.05) is 12.1 Å². The van der Waals surface area contributed by atoms with Crippen LogP contribution in [-0.2, 0) is 16.7 Å². The minimum Gasteiger partial charge on any atom is -0.496 e. The number of nitrogens with one attached hydrogen (secondary N) is 1. The highest BCUT2D eigenvalue weighted by Gasteiger charge is 2.38. The molecule has 1 aliphatic heterocycles. The summed E-state index contributed by atoms with van der Waals surface area (Å²) in [6, 6.07) is 16.6. The average molecular weight is 439 g/mol. The van der Waals surface area contributed by atoms with Gasteiger partial charge >= 0.3 is 6.09 Å². The number of carbonyl (C=O) groups excluding carboxylic acids is 1. The van der Waals surface area contributed by atoms with E-state index in [1.165, 1.54) is 5.56 Å². The summed E-state index contributed by atoms with van der Waals surface area (Å²) in [5.74, 6) is 1.16. The summed E-state index contributed by atoms with van der Waals surface area (Å²) < 4.78 is 11.3. The molecule has 5 nitrogen and oxygen atoms in total. The molecule has 0 radical (unpaired) electrons. The maximum Gasteiger partial charge on any atom is 0.411 e. The number of benzene rings is 2. The van der Waals surface area contributed by atoms with Gasteiger partial charge < -0.3 is 9.47 Å². The van der Waals surface area contributed by atoms with E-state index >= 15 is 0 Å². The van der Waals surface area contributed by atoms with Crippen molar-refractivity contribution in [2.24, 2.45) is 5.92 Å². The van der Waals surface area contributed by atoms with Crippen LogP contribution in [0, 0.1) is 5.92 Å². The van der Waals surface area contributed by atoms with Crippen LogP contribution in [-0.4, -0.2) is 30.9 Å². The predicted octanol–water partition coefficient (Wildman–Crippen LogP) is 6.04. The molecule has 2 atom stereocenters. The molecule has 3 rings (SSSR count). The number of nitrogens with zero attached hydrogens (tertiary/aromatic N) is 1. The van der Waals surface area contributed by atoms with Crippen molar-refractivity contribution in [3.05, 3.63) is 65.2 Å². The molecule has 0 spiro atoms. The van der Waals surface area contributed by atoms with E-state index < -0.39 is 0 Å². The van der Waals surface area contributed by atoms with Gasteiger partial charge in [0.15, 0.2) is 0 Å². The molecule has 1 amide bonds. The van der Waals surface area contributed by atoms with Gasteiger partial charge in [0.1, 0.15) is 5.75 Å². The average Bonchev–Trinajstić information content (AvgIpc) is 3.19. The van der Waals surface area contributed by atoms with Gasteiger partial charge in [0.25, 0.3) is 0 Å². The minimum atomic E-state index is -0.252. The smallest absolute Gasteiger partial charge is 0.411 e. The molecule has 0 aliphatic carbocycles. The van der Waals surface area contributed by atoms with Crippen LogP contribution in [0.3, 0.4) is 0 Å². The van der Waals surface area contributed by atoms with Gasteiger partial charge in [-0.15, -0.1) is 0 Å². The van der Waals surface area contributed by atoms with Crippen LogP contribution < -0.4 is 10.1 Å². The maximum absolute atomic E-state index is 13.1. The Morgan fingerprint density at radius 2 is 1.84 bits per heavy atom. The van der Waals surface area contributed by atoms with Crippen LogP contribution >= 0.6 is 0 Å². The maximum atomic E-state index is 13.1. The molecule has 32 heavy (non-hydrogen) atoms. The highest BCUT2D eigenvalue weighted by molar-refractivity contribution is 5.69. The molecule has 1 N–H and O–H groups in total. The van der Waals surface area contributed by atoms with Crippen molar-refractivity contribution in [2.45, 2.75) is 71.6 Å². The second-order valence-corrected chi connectivity index (χ2v) is 10.1. The third-order valence-corrected chi connectivity index (χ3v) is 5.99. The van der Waals surface area contributed by atoms with E-state index in [1.807, 2.05) is 29.2 Å². The number of likely N-dealkylation sites (tertiary alicyclic amines) is 1. The molecule has 2 aromatic carbocycles. The molecular formula is C27H38N2O3. The lowest BCUT2D eigenvalue weighted by molar-refractivity contribution is 0.0687. The minimum absolute atomic E-state index is 0.0103. The summed E-state index contributed by atoms with van der Waals surface area (Å²) in [6.45, 7) is 11.8. The molecule has 2 unspecified atom stereocenters. The van der Waals surface area contributed by atoms with Crippen LogP contribution in [0.1, 0.15) is 70.2 Å². The van der Waals surface area contributed by atoms with Gasteiger partial charge in [0.2, 0.25) is 0 Å². The van der Waals surface area contributed by atoms with Crippen molar-refractivity contribution in [3.63, 3.8) is 0 Å². The standard InChI is InChI=1S/C27H38N2O3/c1-19(2)18-32-26(30)29-23(20-10-8-7-9-11-20)13-15-25(29)28-17-21-16-22(27(3,4)5)12-14-24(21)31-6/h7-12,14,16,19,23,25,28H,13,15,17-18H2,1-6H3. The first-order valence-electron chi connectivity index (χ1n) is 11.6. The molecule has 1 heterocycles. The second kappa shape index (κ2) is 10.4. The van der Waals surface area contributed by atoms with E-state index in [4.69, 9.17) is 9.47 Å². The third-order valence-electron chi connectivity index (χ3n) is 5.99. The topological polar surface area (TPSA) is 50.8 Å². The fraction of sp³-hybridized carbons (Fsp3) is 0.519. The Balaban J connectivity index is 1.80. The van der Waals surface area contributed by atoms with Gasteiger partial charge in [0.05, 0.1) is 25.9 Å². The Morgan fingerprint density at radius 3 is 2.47 bits per heavy atom. The summed E-state index contributed by atoms with van der Waals surface area (Å²) in [4.78, 5) is 15.0. The van der Waals surface area contributed by atoms with Gasteiger partial charge in [-0.2, -0.15) is 0 Å². The SMILES string of the molecule is COc1ccc(C(C)(C)C)cc1CNC1CCC(c2ccccc2)N1C(=O)OCC(C)C. The summed E-state index contributed by atoms with van der Waals surface area (Å²) in [7, 11) is 1.70. The highest BCUT2D eigenvalue weighted by atomic mass is 16.6. The summed E-state index contributed by atoms with van der Waals surface area (Å²) in [5.41, 5.74) is 3.56. The number of hydrogen-bond donors (Lipinski definition) is 1. The van der Waals surface area contributed by atoms with Crippen LogP contribution in [0.4, 0.5) is 4.79 Å². The molecule has 0 saturated carbocycles. The van der Waals surface area contributed by atoms with Gasteiger partial charge in [-0.05, 0) is 41.4 Å². The van der Waals surface area contributed by atoms with Crippen LogP contribution in [0.5, 0.6) is 5.75 Å². The quantitative estimate of drug-likeness (QED) is 0.573. The van der Waals surface area contributed by atoms with E-state index in [2.05, 4.69) is 64.2 Å². The molecule has 2 aromatic rings. The fourth-order valence-corrected chi connectivity index (χ4v) is 4.19. The van der Waals surface area contributed by atoms with E-state index in [9.17, 15) is 4.79 Å². The number of ether oxygens (including phenoxy) is 2. The van der Waals surface area contributed by atoms with Gasteiger partial charge in [-0.3, -0.25) is 10.2 Å². The zero-order valence-electron chi connectivity index (χ0n) is 20.4. The van der Waals surface area contributed by atoms with E-state index in [0.717, 1.165) is 29.7 Å². The van der Waals surface area contributed by atoms with Crippen LogP contribution in [0.15, 0.2) is 48.5 Å². The zero-order chi connectivity index (χ0) is 23.3. The Bertz CT molecular complexity index is 890. The zero-order valence-corrected chi connectivity index (χ0v) is 20.4. The van der Waals surface area contributed by atoms with Crippen molar-refractivity contribution >= 4 is 6.09 Å². The van der Waals surface area contributed by atoms with Crippen molar-refractivity contribution in [2.75, 3.05) is 13.7 Å². The summed E-state index contributed by atoms with van der Waals surface area (Å²) >= 11 is 0. The van der Waals surface area contributed by atoms with Gasteiger partial charge in [-0.25, -0.2) is 4.79 Å². The largest absolute Gasteiger partial charge is 0.496 e. The molecular weight excluding hydrogens is 400 g/mol. The molecule has 1 fully saturated rings. The Kier molecular flexibility index (Phi) is 7.83. The predicted molar refractivity (Wildman–Crippen MR) is 129 cm³/mol. The summed E-state index contributed by atoms with van der Waals surface area (Å²) in [5, 5.41) is 3.61. The number of hydrogen-bond acceptors (Lipinski definition) is 4. The Hall–Kier alpha value is -2.53. The second-order valence-electron chi connectivity index (χ2n) is 10.1. The van der Waals surface area contributed by atoms with E-state index in [-0.39, 0.29) is 23.7 Å². The Labute approximate surface area is 193 Å². The lowest BCUT2D eigenvalue weighted by Crippen LogP contribution is -2.45. The Morgan fingerprint density at radius 1 is 1.12 bits per heavy atom. The summed E-state index contributed by atoms with van der Waals surface area (Å²) in [6.07, 6.45) is 1.43. The normalized spacial score (nSPS) is 18.8. The van der Waals surface area contributed by atoms with Crippen molar-refractivity contribution < 1.29 is 14.3 Å². The van der Waals surface area contributed by atoms with E-state index in [1.54, 1.807) is 7.11 Å². The van der Waals surface area contributed by atoms with Gasteiger partial charge in [-0.1, -0.05) is 77.1 Å². The fourth-order valence-electron chi connectivity index (χ4n) is 4.19. The molecule has 1 saturated heterocycles. The molecule has 1 aliphatic rings. The first-order chi connectivity index (χ1) is 15.2. The van der Waals surface area contributed by atoms with E-state index in [0.29, 0.717) is 19.1 Å². The molecule has 0 aromatic heterocycles. The third kappa shape index (κ3) is 5.83. The van der Waals surface area contributed by atoms with Crippen LogP contribution in [0.25, 0.3) is 0 Å². The highest BCUT2D eigenvalue weighted by Crippen LogP contribution is 2.36. The number of carbonyl (C=O) groups is 1. The van der Waals surface area contributed by atoms with Crippen molar-refractivity contribution in [1.29, 1.82) is 0 Å². The first-order valence-corrected chi connectivity index (χ1v) is 11.6.